The van der Waals surface area contributed by atoms with Crippen molar-refractivity contribution in [3.63, 3.8) is 0 Å². The number of benzene rings is 2. The summed E-state index contributed by atoms with van der Waals surface area (Å²) in [5, 5.41) is 12.0. The molecular formula is C18H14F2N4. The SMILES string of the molecule is Cc1nccn1-c1ccc(CNc2cccc(F)c2C#N)cc1F. The lowest BCUT2D eigenvalue weighted by molar-refractivity contribution is 0.614. The summed E-state index contributed by atoms with van der Waals surface area (Å²) < 4.78 is 29.6. The molecule has 0 aliphatic rings. The van der Waals surface area contributed by atoms with E-state index in [0.717, 1.165) is 0 Å². The average molecular weight is 324 g/mol. The zero-order valence-corrected chi connectivity index (χ0v) is 12.9. The van der Waals surface area contributed by atoms with Gasteiger partial charge in [-0.15, -0.1) is 0 Å². The zero-order chi connectivity index (χ0) is 17.1. The number of nitrogens with one attached hydrogen (secondary N) is 1. The van der Waals surface area contributed by atoms with Crippen LogP contribution >= 0.6 is 0 Å². The van der Waals surface area contributed by atoms with Crippen LogP contribution < -0.4 is 5.32 Å². The third-order valence-corrected chi connectivity index (χ3v) is 3.71. The smallest absolute Gasteiger partial charge is 0.147 e. The van der Waals surface area contributed by atoms with Crippen molar-refractivity contribution in [3.05, 3.63) is 77.4 Å². The fourth-order valence-electron chi connectivity index (χ4n) is 2.47. The number of aromatic nitrogens is 2. The number of aryl methyl sites for hydroxylation is 1. The van der Waals surface area contributed by atoms with Gasteiger partial charge in [-0.3, -0.25) is 0 Å². The van der Waals surface area contributed by atoms with Gasteiger partial charge in [0.25, 0.3) is 0 Å². The molecule has 1 aromatic heterocycles. The van der Waals surface area contributed by atoms with E-state index in [4.69, 9.17) is 5.26 Å². The van der Waals surface area contributed by atoms with Gasteiger partial charge in [-0.05, 0) is 36.8 Å². The third-order valence-electron chi connectivity index (χ3n) is 3.71. The Morgan fingerprint density at radius 1 is 1.21 bits per heavy atom. The Balaban J connectivity index is 1.81. The van der Waals surface area contributed by atoms with Crippen molar-refractivity contribution < 1.29 is 8.78 Å². The summed E-state index contributed by atoms with van der Waals surface area (Å²) in [6.45, 7) is 2.07. The number of rotatable bonds is 4. The number of nitrogens with zero attached hydrogens (tertiary/aromatic N) is 3. The molecule has 6 heteroatoms. The molecule has 3 rings (SSSR count). The third kappa shape index (κ3) is 2.97. The van der Waals surface area contributed by atoms with E-state index in [0.29, 0.717) is 22.8 Å². The van der Waals surface area contributed by atoms with E-state index < -0.39 is 5.82 Å². The van der Waals surface area contributed by atoms with Gasteiger partial charge in [-0.25, -0.2) is 13.8 Å². The molecular weight excluding hydrogens is 310 g/mol. The number of nitriles is 1. The highest BCUT2D eigenvalue weighted by atomic mass is 19.1. The fraction of sp³-hybridized carbons (Fsp3) is 0.111. The second kappa shape index (κ2) is 6.50. The lowest BCUT2D eigenvalue weighted by Crippen LogP contribution is -2.05. The van der Waals surface area contributed by atoms with Crippen molar-refractivity contribution in [2.45, 2.75) is 13.5 Å². The van der Waals surface area contributed by atoms with Crippen LogP contribution in [0.1, 0.15) is 17.0 Å². The minimum absolute atomic E-state index is 0.0522. The molecule has 1 heterocycles. The Bertz CT molecular complexity index is 925. The highest BCUT2D eigenvalue weighted by Gasteiger charge is 2.10. The summed E-state index contributed by atoms with van der Waals surface area (Å²) in [6, 6.07) is 11.0. The summed E-state index contributed by atoms with van der Waals surface area (Å²) in [7, 11) is 0. The van der Waals surface area contributed by atoms with Crippen LogP contribution in [0, 0.1) is 29.9 Å². The number of hydrogen-bond acceptors (Lipinski definition) is 3. The zero-order valence-electron chi connectivity index (χ0n) is 12.9. The average Bonchev–Trinajstić information content (AvgIpc) is 2.99. The van der Waals surface area contributed by atoms with Crippen LogP contribution in [0.25, 0.3) is 5.69 Å². The molecule has 0 aliphatic carbocycles. The predicted octanol–water partition coefficient (Wildman–Crippen LogP) is 3.94. The van der Waals surface area contributed by atoms with Gasteiger partial charge in [-0.2, -0.15) is 5.26 Å². The quantitative estimate of drug-likeness (QED) is 0.791. The molecule has 24 heavy (non-hydrogen) atoms. The lowest BCUT2D eigenvalue weighted by Gasteiger charge is -2.11. The van der Waals surface area contributed by atoms with Crippen molar-refractivity contribution in [2.24, 2.45) is 0 Å². The van der Waals surface area contributed by atoms with E-state index in [-0.39, 0.29) is 17.9 Å². The highest BCUT2D eigenvalue weighted by Crippen LogP contribution is 2.20. The molecule has 0 unspecified atom stereocenters. The van der Waals surface area contributed by atoms with Crippen molar-refractivity contribution in [3.8, 4) is 11.8 Å². The highest BCUT2D eigenvalue weighted by molar-refractivity contribution is 5.58. The van der Waals surface area contributed by atoms with E-state index in [1.54, 1.807) is 42.1 Å². The normalized spacial score (nSPS) is 10.4. The van der Waals surface area contributed by atoms with Gasteiger partial charge in [-0.1, -0.05) is 12.1 Å². The van der Waals surface area contributed by atoms with Crippen LogP contribution in [0.5, 0.6) is 0 Å². The first-order chi connectivity index (χ1) is 11.6. The van der Waals surface area contributed by atoms with E-state index in [1.165, 1.54) is 18.2 Å². The largest absolute Gasteiger partial charge is 0.380 e. The van der Waals surface area contributed by atoms with Gasteiger partial charge in [0, 0.05) is 18.9 Å². The van der Waals surface area contributed by atoms with Gasteiger partial charge in [0.05, 0.1) is 11.4 Å². The summed E-state index contributed by atoms with van der Waals surface area (Å²) in [5.41, 5.74) is 1.43. The van der Waals surface area contributed by atoms with E-state index in [9.17, 15) is 8.78 Å². The van der Waals surface area contributed by atoms with Crippen LogP contribution in [0.4, 0.5) is 14.5 Å². The van der Waals surface area contributed by atoms with Crippen LogP contribution in [-0.2, 0) is 6.54 Å². The monoisotopic (exact) mass is 324 g/mol. The number of anilines is 1. The second-order valence-corrected chi connectivity index (χ2v) is 5.26. The Hall–Kier alpha value is -3.20. The molecule has 4 nitrogen and oxygen atoms in total. The van der Waals surface area contributed by atoms with Crippen molar-refractivity contribution in [1.82, 2.24) is 9.55 Å². The predicted molar refractivity (Wildman–Crippen MR) is 86.7 cm³/mol. The van der Waals surface area contributed by atoms with Gasteiger partial charge in [0.1, 0.15) is 29.1 Å². The van der Waals surface area contributed by atoms with Crippen LogP contribution in [0.3, 0.4) is 0 Å². The summed E-state index contributed by atoms with van der Waals surface area (Å²) >= 11 is 0. The molecule has 3 aromatic rings. The molecule has 0 fully saturated rings. The number of imidazole rings is 1. The van der Waals surface area contributed by atoms with Crippen LogP contribution in [0.15, 0.2) is 48.8 Å². The second-order valence-electron chi connectivity index (χ2n) is 5.26. The van der Waals surface area contributed by atoms with Crippen LogP contribution in [-0.4, -0.2) is 9.55 Å². The molecule has 0 saturated heterocycles. The first kappa shape index (κ1) is 15.7. The Morgan fingerprint density at radius 3 is 2.71 bits per heavy atom. The maximum absolute atomic E-state index is 14.3. The Labute approximate surface area is 138 Å². The fourth-order valence-corrected chi connectivity index (χ4v) is 2.47. The van der Waals surface area contributed by atoms with E-state index >= 15 is 0 Å². The molecule has 0 aliphatic heterocycles. The summed E-state index contributed by atoms with van der Waals surface area (Å²) in [5.74, 6) is -0.270. The first-order valence-corrected chi connectivity index (χ1v) is 7.31. The van der Waals surface area contributed by atoms with Gasteiger partial charge >= 0.3 is 0 Å². The Morgan fingerprint density at radius 2 is 2.04 bits per heavy atom. The molecule has 0 atom stereocenters. The number of hydrogen-bond donors (Lipinski definition) is 1. The summed E-state index contributed by atoms with van der Waals surface area (Å²) in [4.78, 5) is 4.08. The molecule has 0 radical (unpaired) electrons. The molecule has 2 aromatic carbocycles. The standard InChI is InChI=1S/C18H14F2N4/c1-12-22-7-8-24(12)18-6-5-13(9-16(18)20)11-23-17-4-2-3-15(19)14(17)10-21/h2-9,23H,11H2,1H3. The maximum Gasteiger partial charge on any atom is 0.147 e. The molecule has 1 N–H and O–H groups in total. The number of halogens is 2. The summed E-state index contributed by atoms with van der Waals surface area (Å²) in [6.07, 6.45) is 3.30. The molecule has 0 bridgehead atoms. The maximum atomic E-state index is 14.3. The van der Waals surface area contributed by atoms with E-state index in [1.807, 2.05) is 6.07 Å². The van der Waals surface area contributed by atoms with Crippen molar-refractivity contribution in [2.75, 3.05) is 5.32 Å². The van der Waals surface area contributed by atoms with E-state index in [2.05, 4.69) is 10.3 Å². The van der Waals surface area contributed by atoms with Crippen LogP contribution in [0.2, 0.25) is 0 Å². The minimum Gasteiger partial charge on any atom is -0.380 e. The molecule has 0 amide bonds. The lowest BCUT2D eigenvalue weighted by atomic mass is 10.1. The Kier molecular flexibility index (Phi) is 4.25. The van der Waals surface area contributed by atoms with Gasteiger partial charge < -0.3 is 9.88 Å². The van der Waals surface area contributed by atoms with Crippen molar-refractivity contribution >= 4 is 5.69 Å². The topological polar surface area (TPSA) is 53.6 Å². The first-order valence-electron chi connectivity index (χ1n) is 7.31. The minimum atomic E-state index is -0.584. The van der Waals surface area contributed by atoms with Gasteiger partial charge in [0.2, 0.25) is 0 Å². The molecule has 0 spiro atoms. The molecule has 120 valence electrons. The van der Waals surface area contributed by atoms with Crippen molar-refractivity contribution in [1.29, 1.82) is 5.26 Å². The van der Waals surface area contributed by atoms with Gasteiger partial charge in [0.15, 0.2) is 0 Å². The molecule has 0 saturated carbocycles.